The summed E-state index contributed by atoms with van der Waals surface area (Å²) in [7, 11) is 2.15. The molecule has 2 atom stereocenters. The molecule has 0 aliphatic carbocycles. The fourth-order valence-electron chi connectivity index (χ4n) is 2.31. The first-order chi connectivity index (χ1) is 8.47. The first kappa shape index (κ1) is 13.8. The summed E-state index contributed by atoms with van der Waals surface area (Å²) >= 11 is 11.8. The SMILES string of the molecule is CC1CC(Nc2cc(Cl)c(O)c(Cl)c2)CCN1C. The number of hydrogen-bond acceptors (Lipinski definition) is 3. The van der Waals surface area contributed by atoms with Crippen LogP contribution >= 0.6 is 23.2 Å². The summed E-state index contributed by atoms with van der Waals surface area (Å²) in [6.45, 7) is 3.31. The number of aromatic hydroxyl groups is 1. The van der Waals surface area contributed by atoms with Gasteiger partial charge in [0, 0.05) is 24.3 Å². The lowest BCUT2D eigenvalue weighted by molar-refractivity contribution is 0.190. The zero-order valence-corrected chi connectivity index (χ0v) is 12.1. The number of halogens is 2. The van der Waals surface area contributed by atoms with E-state index < -0.39 is 0 Å². The van der Waals surface area contributed by atoms with Crippen LogP contribution in [0, 0.1) is 0 Å². The van der Waals surface area contributed by atoms with E-state index in [1.165, 1.54) is 0 Å². The van der Waals surface area contributed by atoms with E-state index in [1.54, 1.807) is 12.1 Å². The zero-order valence-electron chi connectivity index (χ0n) is 10.6. The number of likely N-dealkylation sites (tertiary alicyclic amines) is 1. The van der Waals surface area contributed by atoms with Gasteiger partial charge in [0.05, 0.1) is 10.0 Å². The van der Waals surface area contributed by atoms with Gasteiger partial charge < -0.3 is 15.3 Å². The minimum Gasteiger partial charge on any atom is -0.505 e. The molecule has 0 bridgehead atoms. The van der Waals surface area contributed by atoms with Gasteiger partial charge in [-0.2, -0.15) is 0 Å². The van der Waals surface area contributed by atoms with E-state index in [-0.39, 0.29) is 15.8 Å². The van der Waals surface area contributed by atoms with Gasteiger partial charge in [0.25, 0.3) is 0 Å². The van der Waals surface area contributed by atoms with Crippen LogP contribution in [0.3, 0.4) is 0 Å². The maximum Gasteiger partial charge on any atom is 0.152 e. The molecule has 2 rings (SSSR count). The summed E-state index contributed by atoms with van der Waals surface area (Å²) in [6, 6.07) is 4.42. The van der Waals surface area contributed by atoms with E-state index >= 15 is 0 Å². The van der Waals surface area contributed by atoms with E-state index in [9.17, 15) is 5.11 Å². The van der Waals surface area contributed by atoms with Crippen molar-refractivity contribution < 1.29 is 5.11 Å². The van der Waals surface area contributed by atoms with Crippen molar-refractivity contribution >= 4 is 28.9 Å². The van der Waals surface area contributed by atoms with Crippen LogP contribution in [0.5, 0.6) is 5.75 Å². The standard InChI is InChI=1S/C13H18Cl2N2O/c1-8-5-9(3-4-17(8)2)16-10-6-11(14)13(18)12(15)7-10/h6-9,16,18H,3-5H2,1-2H3. The van der Waals surface area contributed by atoms with E-state index in [4.69, 9.17) is 23.2 Å². The molecule has 1 aromatic carbocycles. The van der Waals surface area contributed by atoms with Crippen molar-refractivity contribution in [2.75, 3.05) is 18.9 Å². The average Bonchev–Trinajstić information content (AvgIpc) is 2.31. The Balaban J connectivity index is 2.06. The Labute approximate surface area is 118 Å². The Morgan fingerprint density at radius 3 is 2.50 bits per heavy atom. The number of anilines is 1. The number of nitrogens with zero attached hydrogens (tertiary/aromatic N) is 1. The van der Waals surface area contributed by atoms with Crippen molar-refractivity contribution in [2.24, 2.45) is 0 Å². The van der Waals surface area contributed by atoms with Gasteiger partial charge in [0.15, 0.2) is 5.75 Å². The Morgan fingerprint density at radius 1 is 1.33 bits per heavy atom. The van der Waals surface area contributed by atoms with Crippen LogP contribution in [0.1, 0.15) is 19.8 Å². The molecular formula is C13H18Cl2N2O. The Morgan fingerprint density at radius 2 is 1.94 bits per heavy atom. The normalized spacial score (nSPS) is 25.1. The topological polar surface area (TPSA) is 35.5 Å². The number of phenolic OH excluding ortho intramolecular Hbond substituents is 1. The quantitative estimate of drug-likeness (QED) is 0.817. The molecule has 0 aromatic heterocycles. The molecular weight excluding hydrogens is 271 g/mol. The molecule has 100 valence electrons. The van der Waals surface area contributed by atoms with Crippen molar-refractivity contribution in [3.05, 3.63) is 22.2 Å². The van der Waals surface area contributed by atoms with Gasteiger partial charge in [-0.1, -0.05) is 23.2 Å². The van der Waals surface area contributed by atoms with Crippen LogP contribution in [0.25, 0.3) is 0 Å². The van der Waals surface area contributed by atoms with Gasteiger partial charge in [-0.15, -0.1) is 0 Å². The zero-order chi connectivity index (χ0) is 13.3. The van der Waals surface area contributed by atoms with Gasteiger partial charge in [-0.25, -0.2) is 0 Å². The first-order valence-electron chi connectivity index (χ1n) is 6.12. The molecule has 0 saturated carbocycles. The second-order valence-corrected chi connectivity index (χ2v) is 5.80. The second-order valence-electron chi connectivity index (χ2n) is 4.98. The van der Waals surface area contributed by atoms with Crippen LogP contribution in [-0.2, 0) is 0 Å². The lowest BCUT2D eigenvalue weighted by atomic mass is 9.98. The Kier molecular flexibility index (Phi) is 4.25. The molecule has 0 amide bonds. The maximum atomic E-state index is 9.52. The predicted octanol–water partition coefficient (Wildman–Crippen LogP) is 3.59. The minimum absolute atomic E-state index is 0.0550. The monoisotopic (exact) mass is 288 g/mol. The van der Waals surface area contributed by atoms with Crippen molar-refractivity contribution in [1.29, 1.82) is 0 Å². The van der Waals surface area contributed by atoms with Gasteiger partial charge in [-0.05, 0) is 38.9 Å². The van der Waals surface area contributed by atoms with Crippen LogP contribution in [0.2, 0.25) is 10.0 Å². The molecule has 5 heteroatoms. The molecule has 0 radical (unpaired) electrons. The van der Waals surface area contributed by atoms with Gasteiger partial charge in [0.1, 0.15) is 0 Å². The number of benzene rings is 1. The third kappa shape index (κ3) is 3.02. The molecule has 1 aliphatic rings. The highest BCUT2D eigenvalue weighted by Crippen LogP contribution is 2.35. The summed E-state index contributed by atoms with van der Waals surface area (Å²) in [4.78, 5) is 2.36. The van der Waals surface area contributed by atoms with Crippen LogP contribution in [-0.4, -0.2) is 35.7 Å². The van der Waals surface area contributed by atoms with Crippen LogP contribution in [0.4, 0.5) is 5.69 Å². The molecule has 1 saturated heterocycles. The molecule has 2 unspecified atom stereocenters. The van der Waals surface area contributed by atoms with E-state index in [1.807, 2.05) is 0 Å². The number of rotatable bonds is 2. The van der Waals surface area contributed by atoms with E-state index in [0.717, 1.165) is 25.1 Å². The predicted molar refractivity (Wildman–Crippen MR) is 76.9 cm³/mol. The van der Waals surface area contributed by atoms with Gasteiger partial charge >= 0.3 is 0 Å². The average molecular weight is 289 g/mol. The molecule has 1 heterocycles. The van der Waals surface area contributed by atoms with E-state index in [0.29, 0.717) is 12.1 Å². The number of nitrogens with one attached hydrogen (secondary N) is 1. The molecule has 1 fully saturated rings. The highest BCUT2D eigenvalue weighted by molar-refractivity contribution is 6.37. The number of piperidine rings is 1. The highest BCUT2D eigenvalue weighted by Gasteiger charge is 2.22. The van der Waals surface area contributed by atoms with E-state index in [2.05, 4.69) is 24.2 Å². The first-order valence-corrected chi connectivity index (χ1v) is 6.87. The molecule has 1 aromatic rings. The lowest BCUT2D eigenvalue weighted by Crippen LogP contribution is -2.42. The Bertz CT molecular complexity index is 416. The van der Waals surface area contributed by atoms with Crippen molar-refractivity contribution in [3.8, 4) is 5.75 Å². The van der Waals surface area contributed by atoms with Gasteiger partial charge in [0.2, 0.25) is 0 Å². The van der Waals surface area contributed by atoms with Crippen LogP contribution in [0.15, 0.2) is 12.1 Å². The fourth-order valence-corrected chi connectivity index (χ4v) is 2.79. The lowest BCUT2D eigenvalue weighted by Gasteiger charge is -2.35. The van der Waals surface area contributed by atoms with Gasteiger partial charge in [-0.3, -0.25) is 0 Å². The molecule has 2 N–H and O–H groups in total. The summed E-state index contributed by atoms with van der Waals surface area (Å²) in [5.74, 6) is -0.0550. The summed E-state index contributed by atoms with van der Waals surface area (Å²) in [6.07, 6.45) is 2.18. The summed E-state index contributed by atoms with van der Waals surface area (Å²) in [5, 5.41) is 13.5. The molecule has 18 heavy (non-hydrogen) atoms. The van der Waals surface area contributed by atoms with Crippen molar-refractivity contribution in [2.45, 2.75) is 31.8 Å². The smallest absolute Gasteiger partial charge is 0.152 e. The Hall–Kier alpha value is -0.640. The third-order valence-electron chi connectivity index (χ3n) is 3.60. The summed E-state index contributed by atoms with van der Waals surface area (Å²) in [5.41, 5.74) is 0.865. The molecule has 3 nitrogen and oxygen atoms in total. The maximum absolute atomic E-state index is 9.52. The number of hydrogen-bond donors (Lipinski definition) is 2. The summed E-state index contributed by atoms with van der Waals surface area (Å²) < 4.78 is 0. The van der Waals surface area contributed by atoms with Crippen molar-refractivity contribution in [3.63, 3.8) is 0 Å². The largest absolute Gasteiger partial charge is 0.505 e. The molecule has 1 aliphatic heterocycles. The minimum atomic E-state index is -0.0550. The van der Waals surface area contributed by atoms with Crippen molar-refractivity contribution in [1.82, 2.24) is 4.90 Å². The fraction of sp³-hybridized carbons (Fsp3) is 0.538. The molecule has 0 spiro atoms. The van der Waals surface area contributed by atoms with Crippen LogP contribution < -0.4 is 5.32 Å². The third-order valence-corrected chi connectivity index (χ3v) is 4.17. The second kappa shape index (κ2) is 5.55. The highest BCUT2D eigenvalue weighted by atomic mass is 35.5. The number of phenols is 1.